The Morgan fingerprint density at radius 1 is 1.36 bits per heavy atom. The molecule has 0 aromatic carbocycles. The molecule has 1 aliphatic heterocycles. The highest BCUT2D eigenvalue weighted by Crippen LogP contribution is 2.53. The summed E-state index contributed by atoms with van der Waals surface area (Å²) in [6.45, 7) is 6.49. The normalized spacial score (nSPS) is 53.5. The first-order chi connectivity index (χ1) is 4.93. The maximum absolute atomic E-state index is 9.60. The van der Waals surface area contributed by atoms with Crippen LogP contribution in [-0.2, 0) is 4.74 Å². The SMILES string of the molecule is CC1(C)C[C@@H](O)[C@H]2O[C@]2(C)C1. The molecule has 0 bridgehead atoms. The van der Waals surface area contributed by atoms with Gasteiger partial charge in [0.25, 0.3) is 0 Å². The summed E-state index contributed by atoms with van der Waals surface area (Å²) in [4.78, 5) is 0. The third kappa shape index (κ3) is 1.09. The molecule has 2 heteroatoms. The zero-order chi connectivity index (χ0) is 8.28. The van der Waals surface area contributed by atoms with Gasteiger partial charge in [-0.3, -0.25) is 0 Å². The van der Waals surface area contributed by atoms with Crippen LogP contribution >= 0.6 is 0 Å². The molecule has 0 radical (unpaired) electrons. The monoisotopic (exact) mass is 156 g/mol. The van der Waals surface area contributed by atoms with Crippen molar-refractivity contribution >= 4 is 0 Å². The maximum atomic E-state index is 9.60. The minimum Gasteiger partial charge on any atom is -0.390 e. The molecule has 1 N–H and O–H groups in total. The van der Waals surface area contributed by atoms with E-state index in [1.165, 1.54) is 0 Å². The Balaban J connectivity index is 2.15. The minimum atomic E-state index is -0.233. The largest absolute Gasteiger partial charge is 0.390 e. The van der Waals surface area contributed by atoms with Crippen molar-refractivity contribution in [2.45, 2.75) is 51.4 Å². The lowest BCUT2D eigenvalue weighted by Gasteiger charge is -2.33. The van der Waals surface area contributed by atoms with Gasteiger partial charge >= 0.3 is 0 Å². The minimum absolute atomic E-state index is 0.00116. The number of rotatable bonds is 0. The Morgan fingerprint density at radius 2 is 2.00 bits per heavy atom. The molecule has 2 aliphatic rings. The quantitative estimate of drug-likeness (QED) is 0.537. The molecule has 3 atom stereocenters. The van der Waals surface area contributed by atoms with E-state index in [-0.39, 0.29) is 23.2 Å². The van der Waals surface area contributed by atoms with E-state index in [0.29, 0.717) is 0 Å². The summed E-state index contributed by atoms with van der Waals surface area (Å²) in [6, 6.07) is 0. The van der Waals surface area contributed by atoms with Crippen LogP contribution in [-0.4, -0.2) is 22.9 Å². The molecule has 0 spiro atoms. The van der Waals surface area contributed by atoms with Gasteiger partial charge in [-0.15, -0.1) is 0 Å². The van der Waals surface area contributed by atoms with Gasteiger partial charge in [0.1, 0.15) is 6.10 Å². The summed E-state index contributed by atoms with van der Waals surface area (Å²) in [5, 5.41) is 9.60. The van der Waals surface area contributed by atoms with Crippen LogP contribution in [0.25, 0.3) is 0 Å². The number of hydrogen-bond acceptors (Lipinski definition) is 2. The predicted octanol–water partition coefficient (Wildman–Crippen LogP) is 1.32. The van der Waals surface area contributed by atoms with E-state index in [2.05, 4.69) is 20.8 Å². The van der Waals surface area contributed by atoms with E-state index < -0.39 is 0 Å². The van der Waals surface area contributed by atoms with Gasteiger partial charge in [0.15, 0.2) is 0 Å². The lowest BCUT2D eigenvalue weighted by Crippen LogP contribution is -2.37. The van der Waals surface area contributed by atoms with Crippen LogP contribution in [0.4, 0.5) is 0 Å². The van der Waals surface area contributed by atoms with Crippen molar-refractivity contribution in [1.82, 2.24) is 0 Å². The highest BCUT2D eigenvalue weighted by atomic mass is 16.6. The van der Waals surface area contributed by atoms with E-state index >= 15 is 0 Å². The smallest absolute Gasteiger partial charge is 0.113 e. The zero-order valence-electron chi connectivity index (χ0n) is 7.42. The van der Waals surface area contributed by atoms with Crippen molar-refractivity contribution in [1.29, 1.82) is 0 Å². The average Bonchev–Trinajstić information content (AvgIpc) is 2.36. The van der Waals surface area contributed by atoms with Gasteiger partial charge < -0.3 is 9.84 Å². The highest BCUT2D eigenvalue weighted by molar-refractivity contribution is 5.10. The first-order valence-corrected chi connectivity index (χ1v) is 4.29. The van der Waals surface area contributed by atoms with Crippen molar-refractivity contribution in [2.24, 2.45) is 5.41 Å². The fraction of sp³-hybridized carbons (Fsp3) is 1.00. The van der Waals surface area contributed by atoms with Gasteiger partial charge in [0, 0.05) is 0 Å². The van der Waals surface area contributed by atoms with Crippen LogP contribution in [0, 0.1) is 5.41 Å². The molecule has 0 amide bonds. The molecule has 0 aromatic heterocycles. The zero-order valence-corrected chi connectivity index (χ0v) is 7.42. The Kier molecular flexibility index (Phi) is 1.24. The van der Waals surface area contributed by atoms with Gasteiger partial charge in [-0.05, 0) is 25.2 Å². The summed E-state index contributed by atoms with van der Waals surface area (Å²) in [5.41, 5.74) is 0.252. The summed E-state index contributed by atoms with van der Waals surface area (Å²) >= 11 is 0. The van der Waals surface area contributed by atoms with Gasteiger partial charge in [-0.25, -0.2) is 0 Å². The number of ether oxygens (including phenoxy) is 1. The fourth-order valence-electron chi connectivity index (χ4n) is 2.58. The van der Waals surface area contributed by atoms with Crippen LogP contribution in [0.15, 0.2) is 0 Å². The molecule has 1 aliphatic carbocycles. The van der Waals surface area contributed by atoms with Gasteiger partial charge in [0.05, 0.1) is 11.7 Å². The van der Waals surface area contributed by atoms with Gasteiger partial charge in [-0.2, -0.15) is 0 Å². The third-order valence-electron chi connectivity index (χ3n) is 2.88. The van der Waals surface area contributed by atoms with E-state index in [1.807, 2.05) is 0 Å². The Bertz CT molecular complexity index is 185. The third-order valence-corrected chi connectivity index (χ3v) is 2.88. The Labute approximate surface area is 67.6 Å². The molecule has 64 valence electrons. The number of epoxide rings is 1. The molecule has 1 heterocycles. The summed E-state index contributed by atoms with van der Waals surface area (Å²) in [5.74, 6) is 0. The van der Waals surface area contributed by atoms with E-state index in [0.717, 1.165) is 12.8 Å². The van der Waals surface area contributed by atoms with E-state index in [9.17, 15) is 5.11 Å². The molecule has 1 saturated carbocycles. The van der Waals surface area contributed by atoms with Crippen LogP contribution in [0.2, 0.25) is 0 Å². The first-order valence-electron chi connectivity index (χ1n) is 4.29. The second-order valence-electron chi connectivity index (χ2n) is 4.96. The van der Waals surface area contributed by atoms with Crippen molar-refractivity contribution in [3.63, 3.8) is 0 Å². The lowest BCUT2D eigenvalue weighted by molar-refractivity contribution is 0.0705. The number of hydrogen-bond donors (Lipinski definition) is 1. The predicted molar refractivity (Wildman–Crippen MR) is 42.3 cm³/mol. The van der Waals surface area contributed by atoms with Crippen molar-refractivity contribution in [3.8, 4) is 0 Å². The summed E-state index contributed by atoms with van der Waals surface area (Å²) in [6.07, 6.45) is 1.87. The molecule has 0 unspecified atom stereocenters. The Hall–Kier alpha value is -0.0800. The topological polar surface area (TPSA) is 32.8 Å². The standard InChI is InChI=1S/C9H16O2/c1-8(2)4-6(10)7-9(3,5-8)11-7/h6-7,10H,4-5H2,1-3H3/t6-,7-,9-/m1/s1. The molecule has 11 heavy (non-hydrogen) atoms. The molecule has 2 rings (SSSR count). The second kappa shape index (κ2) is 1.80. The van der Waals surface area contributed by atoms with Crippen LogP contribution in [0.5, 0.6) is 0 Å². The number of fused-ring (bicyclic) bond motifs is 1. The van der Waals surface area contributed by atoms with Crippen molar-refractivity contribution in [2.75, 3.05) is 0 Å². The number of aliphatic hydroxyl groups excluding tert-OH is 1. The average molecular weight is 156 g/mol. The van der Waals surface area contributed by atoms with Crippen LogP contribution in [0.1, 0.15) is 33.6 Å². The second-order valence-corrected chi connectivity index (χ2v) is 4.96. The molecule has 1 saturated heterocycles. The molecule has 2 fully saturated rings. The van der Waals surface area contributed by atoms with E-state index in [1.54, 1.807) is 0 Å². The molecule has 0 aromatic rings. The van der Waals surface area contributed by atoms with Crippen molar-refractivity contribution in [3.05, 3.63) is 0 Å². The van der Waals surface area contributed by atoms with Gasteiger partial charge in [-0.1, -0.05) is 13.8 Å². The summed E-state index contributed by atoms with van der Waals surface area (Å²) in [7, 11) is 0. The molecular weight excluding hydrogens is 140 g/mol. The first kappa shape index (κ1) is 7.56. The number of aliphatic hydroxyl groups is 1. The summed E-state index contributed by atoms with van der Waals surface area (Å²) < 4.78 is 5.46. The molecular formula is C9H16O2. The highest BCUT2D eigenvalue weighted by Gasteiger charge is 2.61. The van der Waals surface area contributed by atoms with E-state index in [4.69, 9.17) is 4.74 Å². The van der Waals surface area contributed by atoms with Gasteiger partial charge in [0.2, 0.25) is 0 Å². The van der Waals surface area contributed by atoms with Crippen molar-refractivity contribution < 1.29 is 9.84 Å². The lowest BCUT2D eigenvalue weighted by atomic mass is 9.71. The van der Waals surface area contributed by atoms with Crippen LogP contribution in [0.3, 0.4) is 0 Å². The fourth-order valence-corrected chi connectivity index (χ4v) is 2.58. The van der Waals surface area contributed by atoms with Crippen LogP contribution < -0.4 is 0 Å². The molecule has 2 nitrogen and oxygen atoms in total. The Morgan fingerprint density at radius 3 is 2.55 bits per heavy atom. The maximum Gasteiger partial charge on any atom is 0.113 e.